The van der Waals surface area contributed by atoms with Gasteiger partial charge in [0, 0.05) is 31.1 Å². The number of aromatic nitrogens is 2. The Kier molecular flexibility index (Phi) is 5.16. The van der Waals surface area contributed by atoms with Crippen LogP contribution in [0.15, 0.2) is 24.3 Å². The van der Waals surface area contributed by atoms with Crippen molar-refractivity contribution in [2.24, 2.45) is 0 Å². The molecule has 0 unspecified atom stereocenters. The monoisotopic (exact) mass is 368 g/mol. The van der Waals surface area contributed by atoms with Gasteiger partial charge in [0.2, 0.25) is 5.91 Å². The summed E-state index contributed by atoms with van der Waals surface area (Å²) < 4.78 is 5.31. The van der Waals surface area contributed by atoms with Crippen LogP contribution in [-0.4, -0.2) is 46.5 Å². The lowest BCUT2D eigenvalue weighted by Crippen LogP contribution is -2.49. The van der Waals surface area contributed by atoms with Crippen LogP contribution in [0.1, 0.15) is 44.0 Å². The molecule has 1 aliphatic heterocycles. The first-order valence-corrected chi connectivity index (χ1v) is 9.90. The molecule has 2 N–H and O–H groups in total. The fraction of sp³-hybridized carbons (Fsp3) is 0.524. The molecule has 1 fully saturated rings. The zero-order chi connectivity index (χ0) is 18.8. The lowest BCUT2D eigenvalue weighted by atomic mass is 10.1. The molecule has 0 spiro atoms. The van der Waals surface area contributed by atoms with Crippen LogP contribution in [0, 0.1) is 0 Å². The molecule has 4 rings (SSSR count). The summed E-state index contributed by atoms with van der Waals surface area (Å²) in [5.41, 5.74) is 3.23. The quantitative estimate of drug-likeness (QED) is 0.851. The fourth-order valence-corrected chi connectivity index (χ4v) is 4.11. The molecule has 1 aliphatic carbocycles. The van der Waals surface area contributed by atoms with Crippen LogP contribution >= 0.6 is 0 Å². The van der Waals surface area contributed by atoms with Crippen molar-refractivity contribution in [3.05, 3.63) is 35.7 Å². The van der Waals surface area contributed by atoms with Crippen molar-refractivity contribution in [1.29, 1.82) is 0 Å². The minimum Gasteiger partial charge on any atom is -0.497 e. The van der Waals surface area contributed by atoms with Gasteiger partial charge in [0.15, 0.2) is 0 Å². The predicted octanol–water partition coefficient (Wildman–Crippen LogP) is 2.89. The summed E-state index contributed by atoms with van der Waals surface area (Å²) in [6.45, 7) is 3.59. The molecule has 1 aromatic carbocycles. The van der Waals surface area contributed by atoms with Gasteiger partial charge in [0.1, 0.15) is 11.6 Å². The predicted molar refractivity (Wildman–Crippen MR) is 105 cm³/mol. The van der Waals surface area contributed by atoms with Crippen molar-refractivity contribution in [3.8, 4) is 17.1 Å². The summed E-state index contributed by atoms with van der Waals surface area (Å²) in [4.78, 5) is 23.1. The smallest absolute Gasteiger partial charge is 0.237 e. The summed E-state index contributed by atoms with van der Waals surface area (Å²) in [5.74, 6) is 1.84. The molecule has 1 aromatic heterocycles. The fourth-order valence-electron chi connectivity index (χ4n) is 4.11. The maximum atomic E-state index is 12.6. The van der Waals surface area contributed by atoms with Crippen molar-refractivity contribution < 1.29 is 9.53 Å². The summed E-state index contributed by atoms with van der Waals surface area (Å²) in [6.07, 6.45) is 5.55. The molecule has 2 aromatic rings. The van der Waals surface area contributed by atoms with E-state index in [4.69, 9.17) is 9.72 Å². The van der Waals surface area contributed by atoms with E-state index in [1.54, 1.807) is 7.11 Å². The zero-order valence-electron chi connectivity index (χ0n) is 16.1. The number of ether oxygens (including phenoxy) is 1. The number of nitrogens with zero attached hydrogens (tertiary/aromatic N) is 2. The van der Waals surface area contributed by atoms with Gasteiger partial charge in [-0.2, -0.15) is 0 Å². The van der Waals surface area contributed by atoms with Gasteiger partial charge >= 0.3 is 0 Å². The second-order valence-electron chi connectivity index (χ2n) is 7.63. The molecular formula is C21H28N4O2. The van der Waals surface area contributed by atoms with Crippen molar-refractivity contribution in [1.82, 2.24) is 20.2 Å². The molecule has 1 saturated carbocycles. The highest BCUT2D eigenvalue weighted by Gasteiger charge is 2.29. The van der Waals surface area contributed by atoms with E-state index in [9.17, 15) is 4.79 Å². The lowest BCUT2D eigenvalue weighted by molar-refractivity contribution is -0.126. The van der Waals surface area contributed by atoms with Gasteiger partial charge in [-0.1, -0.05) is 25.0 Å². The zero-order valence-corrected chi connectivity index (χ0v) is 16.1. The Hall–Kier alpha value is -2.34. The largest absolute Gasteiger partial charge is 0.497 e. The molecule has 0 bridgehead atoms. The van der Waals surface area contributed by atoms with Gasteiger partial charge in [0.05, 0.1) is 24.5 Å². The molecule has 1 atom stereocenters. The SMILES string of the molecule is COc1cccc(-c2nc3c([nH]2)CN([C@H](C)C(=O)NC2CCCC2)CC3)c1. The Morgan fingerprint density at radius 2 is 2.19 bits per heavy atom. The van der Waals surface area contributed by atoms with Crippen LogP contribution < -0.4 is 10.1 Å². The van der Waals surface area contributed by atoms with E-state index in [0.29, 0.717) is 6.04 Å². The molecular weight excluding hydrogens is 340 g/mol. The van der Waals surface area contributed by atoms with E-state index in [-0.39, 0.29) is 11.9 Å². The Morgan fingerprint density at radius 3 is 2.96 bits per heavy atom. The third-order valence-corrected chi connectivity index (χ3v) is 5.83. The van der Waals surface area contributed by atoms with Crippen LogP contribution in [-0.2, 0) is 17.8 Å². The van der Waals surface area contributed by atoms with E-state index in [1.807, 2.05) is 31.2 Å². The highest BCUT2D eigenvalue weighted by atomic mass is 16.5. The Balaban J connectivity index is 1.45. The summed E-state index contributed by atoms with van der Waals surface area (Å²) in [5, 5.41) is 3.22. The maximum absolute atomic E-state index is 12.6. The average molecular weight is 368 g/mol. The van der Waals surface area contributed by atoms with Gasteiger partial charge < -0.3 is 15.0 Å². The molecule has 2 heterocycles. The van der Waals surface area contributed by atoms with Crippen molar-refractivity contribution in [2.45, 2.75) is 57.7 Å². The third kappa shape index (κ3) is 3.86. The number of nitrogens with one attached hydrogen (secondary N) is 2. The van der Waals surface area contributed by atoms with E-state index in [0.717, 1.165) is 60.9 Å². The van der Waals surface area contributed by atoms with E-state index in [2.05, 4.69) is 15.2 Å². The number of carbonyl (C=O) groups excluding carboxylic acids is 1. The Morgan fingerprint density at radius 1 is 1.37 bits per heavy atom. The topological polar surface area (TPSA) is 70.2 Å². The lowest BCUT2D eigenvalue weighted by Gasteiger charge is -2.31. The van der Waals surface area contributed by atoms with E-state index >= 15 is 0 Å². The molecule has 6 heteroatoms. The summed E-state index contributed by atoms with van der Waals surface area (Å²) >= 11 is 0. The second kappa shape index (κ2) is 7.72. The number of imidazole rings is 1. The second-order valence-corrected chi connectivity index (χ2v) is 7.63. The van der Waals surface area contributed by atoms with E-state index < -0.39 is 0 Å². The minimum absolute atomic E-state index is 0.123. The van der Waals surface area contributed by atoms with Crippen molar-refractivity contribution >= 4 is 5.91 Å². The van der Waals surface area contributed by atoms with Crippen LogP contribution in [0.25, 0.3) is 11.4 Å². The molecule has 0 saturated heterocycles. The number of benzene rings is 1. The highest BCUT2D eigenvalue weighted by Crippen LogP contribution is 2.26. The number of aromatic amines is 1. The van der Waals surface area contributed by atoms with Crippen molar-refractivity contribution in [3.63, 3.8) is 0 Å². The van der Waals surface area contributed by atoms with Crippen LogP contribution in [0.4, 0.5) is 0 Å². The minimum atomic E-state index is -0.123. The first-order valence-electron chi connectivity index (χ1n) is 9.90. The number of hydrogen-bond donors (Lipinski definition) is 2. The van der Waals surface area contributed by atoms with Crippen LogP contribution in [0.3, 0.4) is 0 Å². The van der Waals surface area contributed by atoms with Gasteiger partial charge in [-0.25, -0.2) is 4.98 Å². The van der Waals surface area contributed by atoms with Gasteiger partial charge in [-0.15, -0.1) is 0 Å². The average Bonchev–Trinajstić information content (AvgIpc) is 3.36. The Bertz CT molecular complexity index is 810. The molecule has 6 nitrogen and oxygen atoms in total. The normalized spacial score (nSPS) is 18.9. The summed E-state index contributed by atoms with van der Waals surface area (Å²) in [6, 6.07) is 8.16. The maximum Gasteiger partial charge on any atom is 0.237 e. The number of hydrogen-bond acceptors (Lipinski definition) is 4. The third-order valence-electron chi connectivity index (χ3n) is 5.83. The number of carbonyl (C=O) groups is 1. The highest BCUT2D eigenvalue weighted by molar-refractivity contribution is 5.81. The number of rotatable bonds is 5. The van der Waals surface area contributed by atoms with E-state index in [1.165, 1.54) is 12.8 Å². The van der Waals surface area contributed by atoms with Crippen LogP contribution in [0.2, 0.25) is 0 Å². The molecule has 2 aliphatic rings. The number of methoxy groups -OCH3 is 1. The molecule has 144 valence electrons. The first-order chi connectivity index (χ1) is 13.1. The van der Waals surface area contributed by atoms with Crippen LogP contribution in [0.5, 0.6) is 5.75 Å². The first kappa shape index (κ1) is 18.0. The number of fused-ring (bicyclic) bond motifs is 1. The Labute approximate surface area is 160 Å². The summed E-state index contributed by atoms with van der Waals surface area (Å²) in [7, 11) is 1.67. The van der Waals surface area contributed by atoms with Gasteiger partial charge in [0.25, 0.3) is 0 Å². The standard InChI is InChI=1S/C21H28N4O2/c1-14(21(26)22-16-7-3-4-8-16)25-11-10-18-19(13-25)24-20(23-18)15-6-5-9-17(12-15)27-2/h5-6,9,12,14,16H,3-4,7-8,10-11,13H2,1-2H3,(H,22,26)(H,23,24)/t14-/m1/s1. The number of H-pyrrole nitrogens is 1. The molecule has 27 heavy (non-hydrogen) atoms. The molecule has 1 amide bonds. The van der Waals surface area contributed by atoms with Gasteiger partial charge in [-0.05, 0) is 31.9 Å². The molecule has 0 radical (unpaired) electrons. The van der Waals surface area contributed by atoms with Crippen molar-refractivity contribution in [2.75, 3.05) is 13.7 Å². The number of amides is 1. The van der Waals surface area contributed by atoms with Gasteiger partial charge in [-0.3, -0.25) is 9.69 Å².